The van der Waals surface area contributed by atoms with Crippen molar-refractivity contribution in [3.05, 3.63) is 29.6 Å². The van der Waals surface area contributed by atoms with Gasteiger partial charge in [-0.25, -0.2) is 4.98 Å². The van der Waals surface area contributed by atoms with Crippen molar-refractivity contribution in [1.29, 1.82) is 0 Å². The van der Waals surface area contributed by atoms with Crippen LogP contribution in [0.2, 0.25) is 0 Å². The summed E-state index contributed by atoms with van der Waals surface area (Å²) in [6.07, 6.45) is -3.57. The van der Waals surface area contributed by atoms with Crippen LogP contribution in [0.3, 0.4) is 0 Å². The van der Waals surface area contributed by atoms with Gasteiger partial charge in [0.25, 0.3) is 0 Å². The second kappa shape index (κ2) is 4.76. The molecular weight excluding hydrogens is 277 g/mol. The van der Waals surface area contributed by atoms with Crippen LogP contribution in [0.4, 0.5) is 18.9 Å². The third-order valence-electron chi connectivity index (χ3n) is 2.48. The number of pyridine rings is 1. The molecule has 0 radical (unpaired) electrons. The third kappa shape index (κ3) is 2.83. The van der Waals surface area contributed by atoms with Gasteiger partial charge >= 0.3 is 6.18 Å². The summed E-state index contributed by atoms with van der Waals surface area (Å²) in [5.74, 6) is 0. The van der Waals surface area contributed by atoms with Crippen LogP contribution in [0, 0.1) is 6.92 Å². The minimum Gasteiger partial charge on any atom is -0.395 e. The first kappa shape index (κ1) is 13.7. The number of hydrogen-bond donors (Lipinski definition) is 1. The van der Waals surface area contributed by atoms with Crippen molar-refractivity contribution in [3.63, 3.8) is 0 Å². The first-order chi connectivity index (χ1) is 8.79. The molecule has 2 heterocycles. The summed E-state index contributed by atoms with van der Waals surface area (Å²) < 4.78 is 38.8. The maximum absolute atomic E-state index is 12.4. The highest BCUT2D eigenvalue weighted by Gasteiger charge is 2.30. The predicted molar refractivity (Wildman–Crippen MR) is 65.7 cm³/mol. The van der Waals surface area contributed by atoms with Crippen molar-refractivity contribution in [2.75, 3.05) is 5.73 Å². The molecule has 0 aliphatic rings. The second-order valence-electron chi connectivity index (χ2n) is 3.91. The van der Waals surface area contributed by atoms with Gasteiger partial charge in [0, 0.05) is 13.2 Å². The summed E-state index contributed by atoms with van der Waals surface area (Å²) >= 11 is 1.18. The van der Waals surface area contributed by atoms with Gasteiger partial charge in [0.1, 0.15) is 10.1 Å². The summed E-state index contributed by atoms with van der Waals surface area (Å²) in [5.41, 5.74) is 6.25. The fourth-order valence-corrected chi connectivity index (χ4v) is 2.35. The fourth-order valence-electron chi connectivity index (χ4n) is 1.48. The number of nitrogens with two attached hydrogens (primary N) is 1. The Bertz CT molecular complexity index is 589. The zero-order valence-corrected chi connectivity index (χ0v) is 11.0. The summed E-state index contributed by atoms with van der Waals surface area (Å²) in [7, 11) is 1.72. The Labute approximate surface area is 111 Å². The van der Waals surface area contributed by atoms with Crippen LogP contribution in [-0.4, -0.2) is 14.8 Å². The molecule has 0 amide bonds. The molecule has 0 atom stereocenters. The molecule has 2 N–H and O–H groups in total. The molecule has 2 aromatic heterocycles. The maximum atomic E-state index is 12.4. The normalized spacial score (nSPS) is 11.8. The number of alkyl halides is 3. The van der Waals surface area contributed by atoms with Crippen molar-refractivity contribution in [2.24, 2.45) is 7.05 Å². The second-order valence-corrected chi connectivity index (χ2v) is 4.92. The van der Waals surface area contributed by atoms with Gasteiger partial charge in [0.05, 0.1) is 16.9 Å². The van der Waals surface area contributed by atoms with Crippen molar-refractivity contribution >= 4 is 17.4 Å². The number of rotatable bonds is 2. The van der Waals surface area contributed by atoms with Gasteiger partial charge in [-0.05, 0) is 30.8 Å². The molecule has 0 spiro atoms. The van der Waals surface area contributed by atoms with E-state index in [1.165, 1.54) is 17.8 Å². The van der Waals surface area contributed by atoms with Crippen LogP contribution in [-0.2, 0) is 13.2 Å². The summed E-state index contributed by atoms with van der Waals surface area (Å²) in [6, 6.07) is 2.31. The van der Waals surface area contributed by atoms with Gasteiger partial charge in [-0.15, -0.1) is 0 Å². The summed E-state index contributed by atoms with van der Waals surface area (Å²) in [6.45, 7) is 1.76. The van der Waals surface area contributed by atoms with Crippen LogP contribution < -0.4 is 5.73 Å². The Morgan fingerprint density at radius 1 is 1.32 bits per heavy atom. The molecule has 2 aromatic rings. The van der Waals surface area contributed by atoms with Gasteiger partial charge in [-0.1, -0.05) is 0 Å². The molecule has 102 valence electrons. The molecule has 0 saturated carbocycles. The zero-order chi connectivity index (χ0) is 14.2. The number of aryl methyl sites for hydroxylation is 2. The lowest BCUT2D eigenvalue weighted by Crippen LogP contribution is -2.05. The minimum absolute atomic E-state index is 0.433. The molecule has 0 bridgehead atoms. The number of nitrogen functional groups attached to an aromatic ring is 1. The first-order valence-electron chi connectivity index (χ1n) is 5.29. The van der Waals surface area contributed by atoms with E-state index in [2.05, 4.69) is 10.1 Å². The summed E-state index contributed by atoms with van der Waals surface area (Å²) in [5, 5.41) is 5.22. The quantitative estimate of drug-likeness (QED) is 0.923. The predicted octanol–water partition coefficient (Wildman–Crippen LogP) is 2.88. The fraction of sp³-hybridized carbons (Fsp3) is 0.273. The van der Waals surface area contributed by atoms with E-state index in [9.17, 15) is 13.2 Å². The van der Waals surface area contributed by atoms with Gasteiger partial charge in [0.2, 0.25) is 0 Å². The molecule has 0 saturated heterocycles. The van der Waals surface area contributed by atoms with Crippen molar-refractivity contribution < 1.29 is 13.2 Å². The first-order valence-corrected chi connectivity index (χ1v) is 6.11. The SMILES string of the molecule is Cc1nn(C)c(Sc2ccc(C(F)(F)F)cn2)c1N. The lowest BCUT2D eigenvalue weighted by Gasteiger charge is -2.07. The van der Waals surface area contributed by atoms with Crippen LogP contribution in [0.15, 0.2) is 28.4 Å². The van der Waals surface area contributed by atoms with E-state index in [4.69, 9.17) is 5.73 Å². The highest BCUT2D eigenvalue weighted by atomic mass is 32.2. The summed E-state index contributed by atoms with van der Waals surface area (Å²) in [4.78, 5) is 3.78. The van der Waals surface area contributed by atoms with E-state index in [0.717, 1.165) is 12.3 Å². The number of nitrogens with zero attached hydrogens (tertiary/aromatic N) is 3. The van der Waals surface area contributed by atoms with E-state index in [-0.39, 0.29) is 0 Å². The molecule has 0 aromatic carbocycles. The Kier molecular flexibility index (Phi) is 3.44. The van der Waals surface area contributed by atoms with Gasteiger partial charge in [-0.3, -0.25) is 4.68 Å². The topological polar surface area (TPSA) is 56.7 Å². The lowest BCUT2D eigenvalue weighted by molar-refractivity contribution is -0.137. The van der Waals surface area contributed by atoms with E-state index >= 15 is 0 Å². The molecule has 4 nitrogen and oxygen atoms in total. The van der Waals surface area contributed by atoms with E-state index in [1.54, 1.807) is 18.7 Å². The van der Waals surface area contributed by atoms with E-state index in [0.29, 0.717) is 21.4 Å². The number of halogens is 3. The third-order valence-corrected chi connectivity index (χ3v) is 3.61. The van der Waals surface area contributed by atoms with Gasteiger partial charge in [-0.2, -0.15) is 18.3 Å². The molecular formula is C11H11F3N4S. The largest absolute Gasteiger partial charge is 0.417 e. The van der Waals surface area contributed by atoms with E-state index in [1.807, 2.05) is 0 Å². The highest BCUT2D eigenvalue weighted by molar-refractivity contribution is 7.99. The van der Waals surface area contributed by atoms with Gasteiger partial charge < -0.3 is 5.73 Å². The molecule has 0 aliphatic heterocycles. The number of anilines is 1. The van der Waals surface area contributed by atoms with Crippen molar-refractivity contribution in [3.8, 4) is 0 Å². The van der Waals surface area contributed by atoms with Crippen LogP contribution in [0.1, 0.15) is 11.3 Å². The molecule has 19 heavy (non-hydrogen) atoms. The van der Waals surface area contributed by atoms with Crippen LogP contribution in [0.5, 0.6) is 0 Å². The molecule has 0 unspecified atom stereocenters. The highest BCUT2D eigenvalue weighted by Crippen LogP contribution is 2.34. The molecule has 0 aliphatic carbocycles. The standard InChI is InChI=1S/C11H11F3N4S/c1-6-9(15)10(18(2)17-6)19-8-4-3-7(5-16-8)11(12,13)14/h3-5H,15H2,1-2H3. The minimum atomic E-state index is -4.38. The lowest BCUT2D eigenvalue weighted by atomic mass is 10.3. The Morgan fingerprint density at radius 3 is 2.42 bits per heavy atom. The Balaban J connectivity index is 2.25. The molecule has 8 heteroatoms. The van der Waals surface area contributed by atoms with E-state index < -0.39 is 11.7 Å². The van der Waals surface area contributed by atoms with Crippen molar-refractivity contribution in [2.45, 2.75) is 23.2 Å². The zero-order valence-electron chi connectivity index (χ0n) is 10.2. The van der Waals surface area contributed by atoms with Crippen molar-refractivity contribution in [1.82, 2.24) is 14.8 Å². The smallest absolute Gasteiger partial charge is 0.395 e. The monoisotopic (exact) mass is 288 g/mol. The Hall–Kier alpha value is -1.70. The maximum Gasteiger partial charge on any atom is 0.417 e. The van der Waals surface area contributed by atoms with Gasteiger partial charge in [0.15, 0.2) is 0 Å². The molecule has 2 rings (SSSR count). The number of aromatic nitrogens is 3. The average molecular weight is 288 g/mol. The number of hydrogen-bond acceptors (Lipinski definition) is 4. The average Bonchev–Trinajstić information content (AvgIpc) is 2.56. The Morgan fingerprint density at radius 2 is 2.00 bits per heavy atom. The van der Waals surface area contributed by atoms with Crippen LogP contribution in [0.25, 0.3) is 0 Å². The van der Waals surface area contributed by atoms with Crippen LogP contribution >= 0.6 is 11.8 Å². The molecule has 0 fully saturated rings.